The molecule has 0 saturated carbocycles. The van der Waals surface area contributed by atoms with Gasteiger partial charge in [-0.3, -0.25) is 0 Å². The molecule has 2 rings (SSSR count). The molecule has 0 spiro atoms. The summed E-state index contributed by atoms with van der Waals surface area (Å²) in [5.74, 6) is -1.58. The summed E-state index contributed by atoms with van der Waals surface area (Å²) in [6.07, 6.45) is 0.993. The van der Waals surface area contributed by atoms with E-state index in [1.54, 1.807) is 12.1 Å². The molecule has 0 aromatic heterocycles. The van der Waals surface area contributed by atoms with Crippen molar-refractivity contribution < 1.29 is 8.78 Å². The summed E-state index contributed by atoms with van der Waals surface area (Å²) in [5, 5.41) is 0. The van der Waals surface area contributed by atoms with Crippen LogP contribution in [0.4, 0.5) is 14.5 Å². The SMILES string of the molecule is CC1(C)CCN(c2ccc(CN)c(F)c2F)C1. The molecule has 0 radical (unpaired) electrons. The van der Waals surface area contributed by atoms with Crippen LogP contribution in [0.3, 0.4) is 0 Å². The molecular formula is C13H18F2N2. The molecule has 0 unspecified atom stereocenters. The number of hydrogen-bond acceptors (Lipinski definition) is 2. The van der Waals surface area contributed by atoms with Crippen molar-refractivity contribution in [2.45, 2.75) is 26.8 Å². The van der Waals surface area contributed by atoms with E-state index in [0.29, 0.717) is 5.69 Å². The average Bonchev–Trinajstić information content (AvgIpc) is 2.63. The lowest BCUT2D eigenvalue weighted by molar-refractivity contribution is 0.417. The normalized spacial score (nSPS) is 18.8. The highest BCUT2D eigenvalue weighted by Gasteiger charge is 2.31. The Kier molecular flexibility index (Phi) is 3.08. The summed E-state index contributed by atoms with van der Waals surface area (Å²) in [6.45, 7) is 5.82. The minimum atomic E-state index is -0.810. The molecule has 1 aromatic rings. The molecule has 1 aliphatic heterocycles. The van der Waals surface area contributed by atoms with Crippen LogP contribution >= 0.6 is 0 Å². The maximum absolute atomic E-state index is 13.9. The topological polar surface area (TPSA) is 29.3 Å². The molecule has 1 aromatic carbocycles. The summed E-state index contributed by atoms with van der Waals surface area (Å²) >= 11 is 0. The van der Waals surface area contributed by atoms with E-state index >= 15 is 0 Å². The second-order valence-corrected chi connectivity index (χ2v) is 5.41. The molecule has 1 fully saturated rings. The monoisotopic (exact) mass is 240 g/mol. The molecule has 1 aliphatic rings. The lowest BCUT2D eigenvalue weighted by Crippen LogP contribution is -2.24. The average molecular weight is 240 g/mol. The standard InChI is InChI=1S/C13H18F2N2/c1-13(2)5-6-17(8-13)10-4-3-9(7-16)11(14)12(10)15/h3-4H,5-8,16H2,1-2H3. The van der Waals surface area contributed by atoms with Gasteiger partial charge < -0.3 is 10.6 Å². The van der Waals surface area contributed by atoms with Crippen LogP contribution in [0, 0.1) is 17.0 Å². The molecule has 4 heteroatoms. The molecule has 1 heterocycles. The van der Waals surface area contributed by atoms with Crippen molar-refractivity contribution in [3.8, 4) is 0 Å². The minimum Gasteiger partial charge on any atom is -0.369 e. The summed E-state index contributed by atoms with van der Waals surface area (Å²) < 4.78 is 27.5. The third-order valence-corrected chi connectivity index (χ3v) is 3.38. The molecular weight excluding hydrogens is 222 g/mol. The first-order valence-corrected chi connectivity index (χ1v) is 5.86. The maximum atomic E-state index is 13.9. The van der Waals surface area contributed by atoms with Crippen molar-refractivity contribution in [3.05, 3.63) is 29.3 Å². The van der Waals surface area contributed by atoms with Crippen LogP contribution in [0.5, 0.6) is 0 Å². The van der Waals surface area contributed by atoms with Gasteiger partial charge in [0.25, 0.3) is 0 Å². The zero-order valence-electron chi connectivity index (χ0n) is 10.3. The van der Waals surface area contributed by atoms with Crippen LogP contribution in [-0.2, 0) is 6.54 Å². The van der Waals surface area contributed by atoms with Crippen molar-refractivity contribution in [3.63, 3.8) is 0 Å². The highest BCUT2D eigenvalue weighted by molar-refractivity contribution is 5.51. The van der Waals surface area contributed by atoms with Gasteiger partial charge in [0.15, 0.2) is 11.6 Å². The van der Waals surface area contributed by atoms with Crippen molar-refractivity contribution in [2.24, 2.45) is 11.1 Å². The Labute approximate surface area is 100 Å². The molecule has 1 saturated heterocycles. The van der Waals surface area contributed by atoms with Gasteiger partial charge in [0.05, 0.1) is 5.69 Å². The maximum Gasteiger partial charge on any atom is 0.182 e. The molecule has 0 amide bonds. The molecule has 0 atom stereocenters. The number of rotatable bonds is 2. The predicted molar refractivity (Wildman–Crippen MR) is 64.9 cm³/mol. The van der Waals surface area contributed by atoms with Crippen LogP contribution in [0.2, 0.25) is 0 Å². The fourth-order valence-corrected chi connectivity index (χ4v) is 2.30. The second-order valence-electron chi connectivity index (χ2n) is 5.41. The van der Waals surface area contributed by atoms with Crippen LogP contribution in [0.25, 0.3) is 0 Å². The fraction of sp³-hybridized carbons (Fsp3) is 0.538. The van der Waals surface area contributed by atoms with E-state index in [4.69, 9.17) is 5.73 Å². The number of hydrogen-bond donors (Lipinski definition) is 1. The predicted octanol–water partition coefficient (Wildman–Crippen LogP) is 2.66. The van der Waals surface area contributed by atoms with Crippen LogP contribution < -0.4 is 10.6 Å². The Hall–Kier alpha value is -1.16. The quantitative estimate of drug-likeness (QED) is 0.861. The molecule has 0 bridgehead atoms. The van der Waals surface area contributed by atoms with Gasteiger partial charge in [-0.05, 0) is 17.9 Å². The number of nitrogens with zero attached hydrogens (tertiary/aromatic N) is 1. The summed E-state index contributed by atoms with van der Waals surface area (Å²) in [7, 11) is 0. The largest absolute Gasteiger partial charge is 0.369 e. The zero-order chi connectivity index (χ0) is 12.6. The summed E-state index contributed by atoms with van der Waals surface area (Å²) in [6, 6.07) is 3.20. The van der Waals surface area contributed by atoms with Crippen LogP contribution in [0.15, 0.2) is 12.1 Å². The van der Waals surface area contributed by atoms with Crippen LogP contribution in [-0.4, -0.2) is 13.1 Å². The Morgan fingerprint density at radius 1 is 1.29 bits per heavy atom. The van der Waals surface area contributed by atoms with E-state index in [1.807, 2.05) is 4.90 Å². The van der Waals surface area contributed by atoms with Gasteiger partial charge in [-0.15, -0.1) is 0 Å². The van der Waals surface area contributed by atoms with E-state index in [-0.39, 0.29) is 17.5 Å². The molecule has 2 N–H and O–H groups in total. The van der Waals surface area contributed by atoms with Gasteiger partial charge in [0.2, 0.25) is 0 Å². The van der Waals surface area contributed by atoms with Crippen molar-refractivity contribution in [1.29, 1.82) is 0 Å². The van der Waals surface area contributed by atoms with Gasteiger partial charge in [-0.25, -0.2) is 8.78 Å². The summed E-state index contributed by atoms with van der Waals surface area (Å²) in [5.41, 5.74) is 6.09. The molecule has 0 aliphatic carbocycles. The smallest absolute Gasteiger partial charge is 0.182 e. The summed E-state index contributed by atoms with van der Waals surface area (Å²) in [4.78, 5) is 1.90. The first-order valence-electron chi connectivity index (χ1n) is 5.86. The Balaban J connectivity index is 2.32. The molecule has 94 valence electrons. The third kappa shape index (κ3) is 2.27. The number of nitrogens with two attached hydrogens (primary N) is 1. The van der Waals surface area contributed by atoms with E-state index in [2.05, 4.69) is 13.8 Å². The molecule has 17 heavy (non-hydrogen) atoms. The number of anilines is 1. The van der Waals surface area contributed by atoms with Crippen molar-refractivity contribution >= 4 is 5.69 Å². The molecule has 2 nitrogen and oxygen atoms in total. The highest BCUT2D eigenvalue weighted by Crippen LogP contribution is 2.34. The van der Waals surface area contributed by atoms with Gasteiger partial charge in [-0.2, -0.15) is 0 Å². The first kappa shape index (κ1) is 12.3. The van der Waals surface area contributed by atoms with E-state index < -0.39 is 11.6 Å². The fourth-order valence-electron chi connectivity index (χ4n) is 2.30. The van der Waals surface area contributed by atoms with Gasteiger partial charge in [0.1, 0.15) is 0 Å². The number of benzene rings is 1. The number of halogens is 2. The van der Waals surface area contributed by atoms with Crippen molar-refractivity contribution in [1.82, 2.24) is 0 Å². The first-order chi connectivity index (χ1) is 7.94. The van der Waals surface area contributed by atoms with E-state index in [0.717, 1.165) is 19.5 Å². The van der Waals surface area contributed by atoms with Gasteiger partial charge in [-0.1, -0.05) is 19.9 Å². The van der Waals surface area contributed by atoms with Gasteiger partial charge in [0, 0.05) is 25.2 Å². The Morgan fingerprint density at radius 3 is 2.53 bits per heavy atom. The second kappa shape index (κ2) is 4.26. The minimum absolute atomic E-state index is 0.0223. The van der Waals surface area contributed by atoms with Crippen molar-refractivity contribution in [2.75, 3.05) is 18.0 Å². The lowest BCUT2D eigenvalue weighted by atomic mass is 9.93. The van der Waals surface area contributed by atoms with Gasteiger partial charge >= 0.3 is 0 Å². The lowest BCUT2D eigenvalue weighted by Gasteiger charge is -2.22. The highest BCUT2D eigenvalue weighted by atomic mass is 19.2. The zero-order valence-corrected chi connectivity index (χ0v) is 10.3. The Morgan fingerprint density at radius 2 is 2.00 bits per heavy atom. The Bertz CT molecular complexity index is 430. The van der Waals surface area contributed by atoms with Crippen LogP contribution in [0.1, 0.15) is 25.8 Å². The third-order valence-electron chi connectivity index (χ3n) is 3.38. The van der Waals surface area contributed by atoms with E-state index in [9.17, 15) is 8.78 Å². The van der Waals surface area contributed by atoms with E-state index in [1.165, 1.54) is 0 Å².